The van der Waals surface area contributed by atoms with E-state index in [0.717, 1.165) is 21.5 Å². The number of likely N-dealkylation sites (tertiary alicyclic amines) is 1. The van der Waals surface area contributed by atoms with Crippen molar-refractivity contribution >= 4 is 33.4 Å². The molecular formula is C20H23N5O2S. The minimum absolute atomic E-state index is 0.0462. The molecule has 0 radical (unpaired) electrons. The lowest BCUT2D eigenvalue weighted by atomic mass is 10.0. The van der Waals surface area contributed by atoms with Crippen LogP contribution in [0.2, 0.25) is 0 Å². The molecule has 0 saturated carbocycles. The largest absolute Gasteiger partial charge is 0.384 e. The van der Waals surface area contributed by atoms with Crippen molar-refractivity contribution in [2.24, 2.45) is 5.92 Å². The first kappa shape index (κ1) is 18.8. The average molecular weight is 398 g/mol. The van der Waals surface area contributed by atoms with Crippen molar-refractivity contribution in [3.63, 3.8) is 0 Å². The first-order valence-corrected chi connectivity index (χ1v) is 10.2. The smallest absolute Gasteiger partial charge is 0.274 e. The molecule has 1 aliphatic rings. The van der Waals surface area contributed by atoms with Crippen LogP contribution in [-0.4, -0.2) is 52.6 Å². The van der Waals surface area contributed by atoms with Crippen LogP contribution in [0, 0.1) is 12.8 Å². The number of amides is 1. The number of hydrogen-bond donors (Lipinski definition) is 1. The van der Waals surface area contributed by atoms with Crippen LogP contribution in [-0.2, 0) is 4.74 Å². The maximum Gasteiger partial charge on any atom is 0.274 e. The van der Waals surface area contributed by atoms with Gasteiger partial charge in [0.25, 0.3) is 5.91 Å². The highest BCUT2D eigenvalue weighted by Gasteiger charge is 2.33. The van der Waals surface area contributed by atoms with Gasteiger partial charge < -0.3 is 15.0 Å². The number of thiophene rings is 1. The zero-order valence-corrected chi connectivity index (χ0v) is 17.0. The first-order valence-electron chi connectivity index (χ1n) is 9.28. The first-order chi connectivity index (χ1) is 13.6. The number of hydrogen-bond acceptors (Lipinski definition) is 7. The highest BCUT2D eigenvalue weighted by Crippen LogP contribution is 2.30. The number of nitrogens with one attached hydrogen (secondary N) is 1. The van der Waals surface area contributed by atoms with E-state index in [4.69, 9.17) is 4.74 Å². The molecule has 146 valence electrons. The molecule has 0 aliphatic carbocycles. The summed E-state index contributed by atoms with van der Waals surface area (Å²) in [6.45, 7) is 6.09. The maximum atomic E-state index is 13.1. The summed E-state index contributed by atoms with van der Waals surface area (Å²) in [5.74, 6) is 0.803. The van der Waals surface area contributed by atoms with Crippen molar-refractivity contribution < 1.29 is 9.53 Å². The number of pyridine rings is 1. The van der Waals surface area contributed by atoms with Crippen molar-refractivity contribution in [3.05, 3.63) is 46.7 Å². The number of anilines is 1. The van der Waals surface area contributed by atoms with E-state index in [-0.39, 0.29) is 11.9 Å². The summed E-state index contributed by atoms with van der Waals surface area (Å²) in [7, 11) is 1.69. The maximum absolute atomic E-state index is 13.1. The zero-order chi connectivity index (χ0) is 19.7. The van der Waals surface area contributed by atoms with Crippen molar-refractivity contribution in [1.82, 2.24) is 19.9 Å². The molecule has 0 aromatic carbocycles. The number of carbonyl (C=O) groups is 1. The van der Waals surface area contributed by atoms with Crippen molar-refractivity contribution in [3.8, 4) is 0 Å². The number of fused-ring (bicyclic) bond motifs is 1. The van der Waals surface area contributed by atoms with Crippen molar-refractivity contribution in [2.45, 2.75) is 19.9 Å². The monoisotopic (exact) mass is 397 g/mol. The van der Waals surface area contributed by atoms with Gasteiger partial charge >= 0.3 is 0 Å². The number of methoxy groups -OCH3 is 1. The fourth-order valence-corrected chi connectivity index (χ4v) is 4.34. The van der Waals surface area contributed by atoms with Crippen LogP contribution in [0.25, 0.3) is 10.2 Å². The molecule has 1 unspecified atom stereocenters. The second-order valence-corrected chi connectivity index (χ2v) is 8.02. The van der Waals surface area contributed by atoms with Crippen molar-refractivity contribution in [2.75, 3.05) is 32.1 Å². The highest BCUT2D eigenvalue weighted by molar-refractivity contribution is 7.17. The SMILES string of the molecule is COCC1CN(C(=O)c2nc(NC(C)c3ccccn3)nc3c(C)csc23)C1. The summed E-state index contributed by atoms with van der Waals surface area (Å²) in [6.07, 6.45) is 1.76. The van der Waals surface area contributed by atoms with E-state index in [9.17, 15) is 4.79 Å². The Morgan fingerprint density at radius 1 is 1.39 bits per heavy atom. The Hall–Kier alpha value is -2.58. The minimum atomic E-state index is -0.0735. The lowest BCUT2D eigenvalue weighted by Crippen LogP contribution is -2.51. The Balaban J connectivity index is 1.62. The van der Waals surface area contributed by atoms with Gasteiger partial charge in [-0.3, -0.25) is 9.78 Å². The van der Waals surface area contributed by atoms with Gasteiger partial charge in [0.05, 0.1) is 28.6 Å². The van der Waals surface area contributed by atoms with Gasteiger partial charge in [-0.05, 0) is 36.9 Å². The summed E-state index contributed by atoms with van der Waals surface area (Å²) in [6, 6.07) is 5.71. The summed E-state index contributed by atoms with van der Waals surface area (Å²) >= 11 is 1.52. The van der Waals surface area contributed by atoms with Gasteiger partial charge in [-0.15, -0.1) is 11.3 Å². The average Bonchev–Trinajstić information content (AvgIpc) is 3.05. The molecule has 0 bridgehead atoms. The lowest BCUT2D eigenvalue weighted by molar-refractivity contribution is 0.0267. The van der Waals surface area contributed by atoms with Gasteiger partial charge in [0.1, 0.15) is 0 Å². The van der Waals surface area contributed by atoms with E-state index in [0.29, 0.717) is 37.3 Å². The predicted octanol–water partition coefficient (Wildman–Crippen LogP) is 3.29. The number of carbonyl (C=O) groups excluding carboxylic acids is 1. The third-order valence-electron chi connectivity index (χ3n) is 4.92. The quantitative estimate of drug-likeness (QED) is 0.688. The van der Waals surface area contributed by atoms with E-state index in [1.807, 2.05) is 42.3 Å². The van der Waals surface area contributed by atoms with Gasteiger partial charge in [0.2, 0.25) is 5.95 Å². The zero-order valence-electron chi connectivity index (χ0n) is 16.2. The molecule has 0 spiro atoms. The third-order valence-corrected chi connectivity index (χ3v) is 6.01. The van der Waals surface area contributed by atoms with Gasteiger partial charge in [-0.25, -0.2) is 9.97 Å². The Bertz CT molecular complexity index is 985. The summed E-state index contributed by atoms with van der Waals surface area (Å²) in [5.41, 5.74) is 3.24. The summed E-state index contributed by atoms with van der Waals surface area (Å²) < 4.78 is 6.02. The van der Waals surface area contributed by atoms with Gasteiger partial charge in [-0.1, -0.05) is 6.07 Å². The van der Waals surface area contributed by atoms with Crippen LogP contribution in [0.3, 0.4) is 0 Å². The lowest BCUT2D eigenvalue weighted by Gasteiger charge is -2.38. The second-order valence-electron chi connectivity index (χ2n) is 7.14. The normalized spacial score (nSPS) is 15.5. The van der Waals surface area contributed by atoms with Gasteiger partial charge in [0.15, 0.2) is 5.69 Å². The molecule has 3 aromatic heterocycles. The van der Waals surface area contributed by atoms with Crippen LogP contribution in [0.4, 0.5) is 5.95 Å². The van der Waals surface area contributed by atoms with E-state index >= 15 is 0 Å². The number of aromatic nitrogens is 3. The molecule has 1 N–H and O–H groups in total. The standard InChI is InChI=1S/C20H23N5O2S/c1-12-11-28-18-16(12)23-20(22-13(2)15-6-4-5-7-21-15)24-17(18)19(26)25-8-14(9-25)10-27-3/h4-7,11,13-14H,8-10H2,1-3H3,(H,22,23,24). The van der Waals surface area contributed by atoms with E-state index < -0.39 is 0 Å². The molecule has 4 rings (SSSR count). The number of aryl methyl sites for hydroxylation is 1. The summed E-state index contributed by atoms with van der Waals surface area (Å²) in [5, 5.41) is 5.32. The minimum Gasteiger partial charge on any atom is -0.384 e. The molecule has 3 aromatic rings. The van der Waals surface area contributed by atoms with Gasteiger partial charge in [-0.2, -0.15) is 0 Å². The number of ether oxygens (including phenoxy) is 1. The van der Waals surface area contributed by atoms with Crippen LogP contribution >= 0.6 is 11.3 Å². The molecular weight excluding hydrogens is 374 g/mol. The number of nitrogens with zero attached hydrogens (tertiary/aromatic N) is 4. The third kappa shape index (κ3) is 3.57. The van der Waals surface area contributed by atoms with Crippen LogP contribution in [0.5, 0.6) is 0 Å². The molecule has 4 heterocycles. The van der Waals surface area contributed by atoms with E-state index in [2.05, 4.69) is 20.3 Å². The van der Waals surface area contributed by atoms with Crippen LogP contribution in [0.15, 0.2) is 29.8 Å². The van der Waals surface area contributed by atoms with E-state index in [1.165, 1.54) is 11.3 Å². The Morgan fingerprint density at radius 3 is 2.93 bits per heavy atom. The molecule has 7 nitrogen and oxygen atoms in total. The predicted molar refractivity (Wildman–Crippen MR) is 110 cm³/mol. The molecule has 28 heavy (non-hydrogen) atoms. The number of rotatable bonds is 6. The highest BCUT2D eigenvalue weighted by atomic mass is 32.1. The van der Waals surface area contributed by atoms with Crippen LogP contribution < -0.4 is 5.32 Å². The second kappa shape index (κ2) is 7.81. The Kier molecular flexibility index (Phi) is 5.23. The van der Waals surface area contributed by atoms with Crippen LogP contribution in [0.1, 0.15) is 34.7 Å². The summed E-state index contributed by atoms with van der Waals surface area (Å²) in [4.78, 5) is 28.5. The fourth-order valence-electron chi connectivity index (χ4n) is 3.37. The Labute approximate surface area is 167 Å². The molecule has 1 atom stereocenters. The molecule has 8 heteroatoms. The van der Waals surface area contributed by atoms with Gasteiger partial charge in [0, 0.05) is 32.3 Å². The topological polar surface area (TPSA) is 80.2 Å². The molecule has 1 aliphatic heterocycles. The Morgan fingerprint density at radius 2 is 2.21 bits per heavy atom. The molecule has 1 saturated heterocycles. The van der Waals surface area contributed by atoms with Crippen molar-refractivity contribution in [1.29, 1.82) is 0 Å². The van der Waals surface area contributed by atoms with E-state index in [1.54, 1.807) is 13.3 Å². The fraction of sp³-hybridized carbons (Fsp3) is 0.400. The molecule has 1 fully saturated rings. The molecule has 1 amide bonds.